The average molecular weight is 291 g/mol. The lowest BCUT2D eigenvalue weighted by molar-refractivity contribution is 0.325. The van der Waals surface area contributed by atoms with Gasteiger partial charge in [-0.25, -0.2) is 4.98 Å². The summed E-state index contributed by atoms with van der Waals surface area (Å²) in [6.07, 6.45) is 4.25. The van der Waals surface area contributed by atoms with Gasteiger partial charge in [-0.15, -0.1) is 0 Å². The molecule has 106 valence electrons. The third-order valence-corrected chi connectivity index (χ3v) is 3.11. The van der Waals surface area contributed by atoms with Gasteiger partial charge in [-0.1, -0.05) is 41.9 Å². The van der Waals surface area contributed by atoms with Gasteiger partial charge in [0, 0.05) is 13.1 Å². The molecule has 0 aliphatic carbocycles. The fourth-order valence-corrected chi connectivity index (χ4v) is 2.11. The van der Waals surface area contributed by atoms with Crippen molar-refractivity contribution in [1.29, 1.82) is 0 Å². The first-order chi connectivity index (χ1) is 9.74. The van der Waals surface area contributed by atoms with Gasteiger partial charge in [0.05, 0.1) is 12.4 Å². The average Bonchev–Trinajstić information content (AvgIpc) is 2.45. The molecular formula is C15H19ClN4. The number of benzene rings is 1. The van der Waals surface area contributed by atoms with E-state index in [1.54, 1.807) is 6.20 Å². The van der Waals surface area contributed by atoms with E-state index >= 15 is 0 Å². The summed E-state index contributed by atoms with van der Waals surface area (Å²) < 4.78 is 0. The zero-order chi connectivity index (χ0) is 14.2. The smallest absolute Gasteiger partial charge is 0.149 e. The van der Waals surface area contributed by atoms with Crippen molar-refractivity contribution in [1.82, 2.24) is 14.9 Å². The summed E-state index contributed by atoms with van der Waals surface area (Å²) in [7, 11) is 2.13. The third kappa shape index (κ3) is 5.15. The number of rotatable bonds is 7. The van der Waals surface area contributed by atoms with E-state index in [1.807, 2.05) is 6.07 Å². The van der Waals surface area contributed by atoms with Crippen molar-refractivity contribution in [3.63, 3.8) is 0 Å². The molecule has 1 heterocycles. The Kier molecular flexibility index (Phi) is 5.77. The fraction of sp³-hybridized carbons (Fsp3) is 0.333. The third-order valence-electron chi connectivity index (χ3n) is 2.92. The highest BCUT2D eigenvalue weighted by Crippen LogP contribution is 2.07. The fourth-order valence-electron chi connectivity index (χ4n) is 1.97. The van der Waals surface area contributed by atoms with Crippen LogP contribution in [0.5, 0.6) is 0 Å². The summed E-state index contributed by atoms with van der Waals surface area (Å²) in [5.41, 5.74) is 1.34. The van der Waals surface area contributed by atoms with Crippen LogP contribution in [-0.2, 0) is 6.54 Å². The standard InChI is InChI=1S/C15H19ClN4/c1-20(12-13-6-3-2-4-7-13)9-5-8-18-15-11-17-10-14(16)19-15/h2-4,6-7,10-11H,5,8-9,12H2,1H3,(H,18,19). The minimum atomic E-state index is 0.413. The number of nitrogens with zero attached hydrogens (tertiary/aromatic N) is 3. The molecule has 0 atom stereocenters. The minimum Gasteiger partial charge on any atom is -0.369 e. The van der Waals surface area contributed by atoms with Gasteiger partial charge in [-0.05, 0) is 25.6 Å². The quantitative estimate of drug-likeness (QED) is 0.796. The molecule has 5 heteroatoms. The molecule has 0 spiro atoms. The Morgan fingerprint density at radius 1 is 1.20 bits per heavy atom. The number of hydrogen-bond donors (Lipinski definition) is 1. The molecule has 0 fully saturated rings. The Morgan fingerprint density at radius 2 is 2.00 bits per heavy atom. The largest absolute Gasteiger partial charge is 0.369 e. The second-order valence-electron chi connectivity index (χ2n) is 4.73. The van der Waals surface area contributed by atoms with Gasteiger partial charge in [0.25, 0.3) is 0 Å². The lowest BCUT2D eigenvalue weighted by Crippen LogP contribution is -2.21. The molecule has 0 aliphatic heterocycles. The molecule has 0 amide bonds. The maximum atomic E-state index is 5.78. The van der Waals surface area contributed by atoms with Gasteiger partial charge < -0.3 is 10.2 Å². The second kappa shape index (κ2) is 7.82. The van der Waals surface area contributed by atoms with Crippen molar-refractivity contribution >= 4 is 17.4 Å². The Balaban J connectivity index is 1.66. The number of hydrogen-bond acceptors (Lipinski definition) is 4. The summed E-state index contributed by atoms with van der Waals surface area (Å²) in [6, 6.07) is 10.5. The number of aromatic nitrogens is 2. The van der Waals surface area contributed by atoms with Crippen LogP contribution in [0.4, 0.5) is 5.82 Å². The van der Waals surface area contributed by atoms with Crippen LogP contribution < -0.4 is 5.32 Å². The van der Waals surface area contributed by atoms with Crippen molar-refractivity contribution in [2.45, 2.75) is 13.0 Å². The zero-order valence-corrected chi connectivity index (χ0v) is 12.3. The molecule has 1 aromatic heterocycles. The first-order valence-corrected chi connectivity index (χ1v) is 7.06. The maximum Gasteiger partial charge on any atom is 0.149 e. The lowest BCUT2D eigenvalue weighted by Gasteiger charge is -2.16. The van der Waals surface area contributed by atoms with Crippen LogP contribution in [0.2, 0.25) is 5.15 Å². The predicted molar refractivity (Wildman–Crippen MR) is 82.9 cm³/mol. The van der Waals surface area contributed by atoms with Crippen molar-refractivity contribution in [3.05, 3.63) is 53.4 Å². The molecule has 1 aromatic carbocycles. The van der Waals surface area contributed by atoms with Crippen molar-refractivity contribution in [2.75, 3.05) is 25.5 Å². The molecule has 0 radical (unpaired) electrons. The van der Waals surface area contributed by atoms with Gasteiger partial charge in [0.2, 0.25) is 0 Å². The highest BCUT2D eigenvalue weighted by atomic mass is 35.5. The van der Waals surface area contributed by atoms with Crippen molar-refractivity contribution < 1.29 is 0 Å². The van der Waals surface area contributed by atoms with Crippen LogP contribution in [0.1, 0.15) is 12.0 Å². The molecule has 0 unspecified atom stereocenters. The molecule has 1 N–H and O–H groups in total. The van der Waals surface area contributed by atoms with Gasteiger partial charge in [-0.3, -0.25) is 4.98 Å². The van der Waals surface area contributed by atoms with E-state index in [1.165, 1.54) is 11.8 Å². The van der Waals surface area contributed by atoms with Crippen LogP contribution in [0, 0.1) is 0 Å². The van der Waals surface area contributed by atoms with E-state index in [0.29, 0.717) is 5.15 Å². The number of anilines is 1. The van der Waals surface area contributed by atoms with E-state index < -0.39 is 0 Å². The van der Waals surface area contributed by atoms with Crippen LogP contribution in [0.25, 0.3) is 0 Å². The second-order valence-corrected chi connectivity index (χ2v) is 5.12. The van der Waals surface area contributed by atoms with E-state index in [4.69, 9.17) is 11.6 Å². The molecule has 0 saturated heterocycles. The molecule has 2 aromatic rings. The highest BCUT2D eigenvalue weighted by molar-refractivity contribution is 6.29. The van der Waals surface area contributed by atoms with E-state index in [-0.39, 0.29) is 0 Å². The lowest BCUT2D eigenvalue weighted by atomic mass is 10.2. The van der Waals surface area contributed by atoms with Gasteiger partial charge >= 0.3 is 0 Å². The Bertz CT molecular complexity index is 518. The highest BCUT2D eigenvalue weighted by Gasteiger charge is 2.00. The minimum absolute atomic E-state index is 0.413. The first-order valence-electron chi connectivity index (χ1n) is 6.68. The molecule has 0 aliphatic rings. The Hall–Kier alpha value is -1.65. The molecule has 20 heavy (non-hydrogen) atoms. The molecule has 0 bridgehead atoms. The molecule has 0 saturated carbocycles. The van der Waals surface area contributed by atoms with Gasteiger partial charge in [0.1, 0.15) is 11.0 Å². The molecule has 4 nitrogen and oxygen atoms in total. The monoisotopic (exact) mass is 290 g/mol. The topological polar surface area (TPSA) is 41.0 Å². The van der Waals surface area contributed by atoms with Crippen LogP contribution in [0.15, 0.2) is 42.7 Å². The van der Waals surface area contributed by atoms with Gasteiger partial charge in [-0.2, -0.15) is 0 Å². The van der Waals surface area contributed by atoms with Crippen LogP contribution in [0.3, 0.4) is 0 Å². The maximum absolute atomic E-state index is 5.78. The van der Waals surface area contributed by atoms with Crippen LogP contribution >= 0.6 is 11.6 Å². The van der Waals surface area contributed by atoms with Crippen molar-refractivity contribution in [3.8, 4) is 0 Å². The Morgan fingerprint density at radius 3 is 2.75 bits per heavy atom. The number of halogens is 1. The number of nitrogens with one attached hydrogen (secondary N) is 1. The van der Waals surface area contributed by atoms with Crippen molar-refractivity contribution in [2.24, 2.45) is 0 Å². The molecule has 2 rings (SSSR count). The molecular weight excluding hydrogens is 272 g/mol. The Labute approximate surface area is 124 Å². The van der Waals surface area contributed by atoms with E-state index in [2.05, 4.69) is 51.5 Å². The zero-order valence-electron chi connectivity index (χ0n) is 11.6. The van der Waals surface area contributed by atoms with E-state index in [9.17, 15) is 0 Å². The summed E-state index contributed by atoms with van der Waals surface area (Å²) in [4.78, 5) is 10.4. The first kappa shape index (κ1) is 14.8. The summed E-state index contributed by atoms with van der Waals surface area (Å²) in [6.45, 7) is 2.85. The summed E-state index contributed by atoms with van der Waals surface area (Å²) in [5, 5.41) is 3.63. The SMILES string of the molecule is CN(CCCNc1cncc(Cl)n1)Cc1ccccc1. The predicted octanol–water partition coefficient (Wildman–Crippen LogP) is 3.06. The normalized spacial score (nSPS) is 10.8. The van der Waals surface area contributed by atoms with Crippen LogP contribution in [-0.4, -0.2) is 35.0 Å². The van der Waals surface area contributed by atoms with Gasteiger partial charge in [0.15, 0.2) is 0 Å². The summed E-state index contributed by atoms with van der Waals surface area (Å²) in [5.74, 6) is 0.725. The summed E-state index contributed by atoms with van der Waals surface area (Å²) >= 11 is 5.78. The van der Waals surface area contributed by atoms with E-state index in [0.717, 1.165) is 31.9 Å².